The number of carboxylic acids is 1. The van der Waals surface area contributed by atoms with Gasteiger partial charge in [-0.1, -0.05) is 30.3 Å². The number of methoxy groups -OCH3 is 1. The first-order valence-electron chi connectivity index (χ1n) is 6.75. The van der Waals surface area contributed by atoms with Crippen LogP contribution in [0.5, 0.6) is 0 Å². The zero-order valence-corrected chi connectivity index (χ0v) is 13.2. The molecular formula is C14H17N3O5S. The predicted octanol–water partition coefficient (Wildman–Crippen LogP) is 0.634. The highest BCUT2D eigenvalue weighted by Crippen LogP contribution is 2.17. The number of hydrogen-bond donors (Lipinski definition) is 2. The van der Waals surface area contributed by atoms with Gasteiger partial charge in [-0.05, 0) is 5.56 Å². The second-order valence-electron chi connectivity index (χ2n) is 4.74. The minimum atomic E-state index is -4.01. The number of aliphatic carboxylic acids is 1. The number of nitrogens with one attached hydrogen (secondary N) is 1. The van der Waals surface area contributed by atoms with Gasteiger partial charge < -0.3 is 9.84 Å². The Balaban J connectivity index is 2.21. The number of hydrogen-bond acceptors (Lipinski definition) is 5. The Morgan fingerprint density at radius 3 is 2.70 bits per heavy atom. The lowest BCUT2D eigenvalue weighted by Crippen LogP contribution is -2.33. The number of ether oxygens (including phenoxy) is 1. The monoisotopic (exact) mass is 339 g/mol. The summed E-state index contributed by atoms with van der Waals surface area (Å²) < 4.78 is 33.2. The molecule has 8 nitrogen and oxygen atoms in total. The van der Waals surface area contributed by atoms with Crippen LogP contribution in [0.4, 0.5) is 0 Å². The van der Waals surface area contributed by atoms with Crippen LogP contribution < -0.4 is 4.72 Å². The molecule has 0 saturated heterocycles. The molecule has 0 radical (unpaired) electrons. The zero-order valence-electron chi connectivity index (χ0n) is 12.4. The van der Waals surface area contributed by atoms with Crippen LogP contribution >= 0.6 is 0 Å². The minimum absolute atomic E-state index is 0.101. The van der Waals surface area contributed by atoms with E-state index in [1.54, 1.807) is 30.3 Å². The van der Waals surface area contributed by atoms with Crippen molar-refractivity contribution in [1.29, 1.82) is 0 Å². The van der Waals surface area contributed by atoms with E-state index >= 15 is 0 Å². The van der Waals surface area contributed by atoms with E-state index in [2.05, 4.69) is 9.82 Å². The maximum Gasteiger partial charge on any atom is 0.326 e. The largest absolute Gasteiger partial charge is 0.480 e. The number of aromatic nitrogens is 2. The van der Waals surface area contributed by atoms with Gasteiger partial charge in [0, 0.05) is 13.3 Å². The van der Waals surface area contributed by atoms with Crippen molar-refractivity contribution in [1.82, 2.24) is 14.5 Å². The quantitative estimate of drug-likeness (QED) is 0.730. The fourth-order valence-electron chi connectivity index (χ4n) is 1.92. The van der Waals surface area contributed by atoms with Gasteiger partial charge >= 0.3 is 5.97 Å². The van der Waals surface area contributed by atoms with Crippen LogP contribution in [0.2, 0.25) is 0 Å². The molecule has 1 aromatic carbocycles. The Hall–Kier alpha value is -2.23. The van der Waals surface area contributed by atoms with Crippen molar-refractivity contribution in [3.63, 3.8) is 0 Å². The predicted molar refractivity (Wildman–Crippen MR) is 81.2 cm³/mol. The van der Waals surface area contributed by atoms with Crippen LogP contribution in [0.1, 0.15) is 11.6 Å². The standard InChI is InChI=1S/C14H17N3O5S/c1-22-8-7-17-10-12(9-15-17)23(20,21)16-13(14(18)19)11-5-3-2-4-6-11/h2-6,9-10,13,16H,7-8H2,1H3,(H,18,19)/t13-/m1/s1. The van der Waals surface area contributed by atoms with E-state index in [9.17, 15) is 18.3 Å². The van der Waals surface area contributed by atoms with Gasteiger partial charge in [-0.2, -0.15) is 9.82 Å². The molecule has 2 aromatic rings. The van der Waals surface area contributed by atoms with Gasteiger partial charge in [0.2, 0.25) is 10.0 Å². The van der Waals surface area contributed by atoms with Crippen molar-refractivity contribution in [3.05, 3.63) is 48.3 Å². The first kappa shape index (κ1) is 17.1. The summed E-state index contributed by atoms with van der Waals surface area (Å²) in [6, 6.07) is 6.72. The van der Waals surface area contributed by atoms with Crippen LogP contribution in [0.15, 0.2) is 47.6 Å². The number of carboxylic acid groups (broad SMARTS) is 1. The molecule has 1 heterocycles. The second-order valence-corrected chi connectivity index (χ2v) is 6.45. The van der Waals surface area contributed by atoms with Crippen LogP contribution in [-0.4, -0.2) is 43.0 Å². The Kier molecular flexibility index (Phi) is 5.48. The smallest absolute Gasteiger partial charge is 0.326 e. The number of benzene rings is 1. The van der Waals surface area contributed by atoms with Gasteiger partial charge in [0.1, 0.15) is 10.9 Å². The molecule has 1 aromatic heterocycles. The molecule has 0 unspecified atom stereocenters. The van der Waals surface area contributed by atoms with E-state index in [4.69, 9.17) is 4.74 Å². The van der Waals surface area contributed by atoms with Crippen molar-refractivity contribution in [2.24, 2.45) is 0 Å². The molecule has 2 N–H and O–H groups in total. The molecule has 0 spiro atoms. The van der Waals surface area contributed by atoms with Crippen LogP contribution in [-0.2, 0) is 26.1 Å². The van der Waals surface area contributed by atoms with Gasteiger partial charge in [-0.15, -0.1) is 0 Å². The van der Waals surface area contributed by atoms with E-state index in [1.807, 2.05) is 0 Å². The van der Waals surface area contributed by atoms with E-state index < -0.39 is 22.0 Å². The highest BCUT2D eigenvalue weighted by Gasteiger charge is 2.27. The normalized spacial score (nSPS) is 12.9. The third-order valence-electron chi connectivity index (χ3n) is 3.10. The maximum absolute atomic E-state index is 12.3. The molecule has 0 aliphatic heterocycles. The topological polar surface area (TPSA) is 111 Å². The summed E-state index contributed by atoms with van der Waals surface area (Å²) in [5.74, 6) is -1.29. The number of sulfonamides is 1. The average molecular weight is 339 g/mol. The van der Waals surface area contributed by atoms with Crippen molar-refractivity contribution in [2.75, 3.05) is 13.7 Å². The fraction of sp³-hybridized carbons (Fsp3) is 0.286. The van der Waals surface area contributed by atoms with E-state index in [1.165, 1.54) is 24.2 Å². The molecule has 124 valence electrons. The number of nitrogens with zero attached hydrogens (tertiary/aromatic N) is 2. The molecule has 9 heteroatoms. The highest BCUT2D eigenvalue weighted by atomic mass is 32.2. The lowest BCUT2D eigenvalue weighted by molar-refractivity contribution is -0.139. The molecule has 0 aliphatic rings. The molecule has 23 heavy (non-hydrogen) atoms. The van der Waals surface area contributed by atoms with E-state index in [-0.39, 0.29) is 4.90 Å². The van der Waals surface area contributed by atoms with Crippen molar-refractivity contribution in [3.8, 4) is 0 Å². The highest BCUT2D eigenvalue weighted by molar-refractivity contribution is 7.89. The van der Waals surface area contributed by atoms with Crippen molar-refractivity contribution < 1.29 is 23.1 Å². The summed E-state index contributed by atoms with van der Waals surface area (Å²) >= 11 is 0. The first-order valence-corrected chi connectivity index (χ1v) is 8.24. The summed E-state index contributed by atoms with van der Waals surface area (Å²) in [4.78, 5) is 11.3. The van der Waals surface area contributed by atoms with Gasteiger partial charge in [0.15, 0.2) is 0 Å². The molecular weight excluding hydrogens is 322 g/mol. The number of carbonyl (C=O) groups is 1. The van der Waals surface area contributed by atoms with Crippen LogP contribution in [0, 0.1) is 0 Å². The summed E-state index contributed by atoms with van der Waals surface area (Å²) in [5.41, 5.74) is 0.343. The maximum atomic E-state index is 12.3. The third-order valence-corrected chi connectivity index (χ3v) is 4.47. The summed E-state index contributed by atoms with van der Waals surface area (Å²) in [6.45, 7) is 0.781. The minimum Gasteiger partial charge on any atom is -0.480 e. The number of rotatable bonds is 8. The fourth-order valence-corrected chi connectivity index (χ4v) is 3.05. The lowest BCUT2D eigenvalue weighted by atomic mass is 10.1. The van der Waals surface area contributed by atoms with Gasteiger partial charge in [-0.25, -0.2) is 8.42 Å². The van der Waals surface area contributed by atoms with Gasteiger partial charge in [-0.3, -0.25) is 9.48 Å². The van der Waals surface area contributed by atoms with Crippen molar-refractivity contribution in [2.45, 2.75) is 17.5 Å². The molecule has 0 saturated carbocycles. The Morgan fingerprint density at radius 2 is 2.09 bits per heavy atom. The molecule has 2 rings (SSSR count). The Labute approximate surface area is 133 Å². The molecule has 0 bridgehead atoms. The summed E-state index contributed by atoms with van der Waals surface area (Å²) in [6.07, 6.45) is 2.49. The van der Waals surface area contributed by atoms with Gasteiger partial charge in [0.25, 0.3) is 0 Å². The zero-order chi connectivity index (χ0) is 16.9. The summed E-state index contributed by atoms with van der Waals surface area (Å²) in [7, 11) is -2.48. The van der Waals surface area contributed by atoms with Crippen LogP contribution in [0.3, 0.4) is 0 Å². The van der Waals surface area contributed by atoms with Gasteiger partial charge in [0.05, 0.1) is 19.3 Å². The first-order chi connectivity index (χ1) is 10.9. The van der Waals surface area contributed by atoms with E-state index in [0.717, 1.165) is 0 Å². The Bertz CT molecular complexity index is 758. The average Bonchev–Trinajstić information content (AvgIpc) is 3.01. The molecule has 1 atom stereocenters. The molecule has 0 fully saturated rings. The second kappa shape index (κ2) is 7.36. The van der Waals surface area contributed by atoms with Crippen LogP contribution in [0.25, 0.3) is 0 Å². The Morgan fingerprint density at radius 1 is 1.39 bits per heavy atom. The van der Waals surface area contributed by atoms with Crippen molar-refractivity contribution >= 4 is 16.0 Å². The lowest BCUT2D eigenvalue weighted by Gasteiger charge is -2.14. The summed E-state index contributed by atoms with van der Waals surface area (Å²) in [5, 5.41) is 13.2. The SMILES string of the molecule is COCCn1cc(S(=O)(=O)N[C@@H](C(=O)O)c2ccccc2)cn1. The third kappa shape index (κ3) is 4.38. The molecule has 0 aliphatic carbocycles. The molecule has 0 amide bonds. The van der Waals surface area contributed by atoms with E-state index in [0.29, 0.717) is 18.7 Å².